The highest BCUT2D eigenvalue weighted by molar-refractivity contribution is 6.39. The van der Waals surface area contributed by atoms with E-state index in [4.69, 9.17) is 28.4 Å². The van der Waals surface area contributed by atoms with Gasteiger partial charge in [-0.25, -0.2) is 4.79 Å². The number of methoxy groups -OCH3 is 3. The van der Waals surface area contributed by atoms with E-state index in [0.717, 1.165) is 12.0 Å². The van der Waals surface area contributed by atoms with Gasteiger partial charge in [0.25, 0.3) is 11.7 Å². The SMILES string of the molecule is COCCO[C@@H]1C[C@@H]2CC[C@@H](C)[C@@](O)(O2)C(=O)C(=O)N2CCCC[C@H]2C(=O)O[C@H]([C@H](C)C[C@@H]2CC[C@@H](O)[C@H](OC)C2)CC(=O)[C@H](C)/C=C(\C)[C@@H](O)[C@@H](OC)C(=O)[C@H](C)C[C@H](C)/C=C/C=CC=C1C. The Balaban J connectivity index is 1.72. The Kier molecular flexibility index (Phi) is 22.9. The van der Waals surface area contributed by atoms with Crippen LogP contribution in [0.25, 0.3) is 0 Å². The molecule has 15 atom stereocenters. The predicted octanol–water partition coefficient (Wildman–Crippen LogP) is 6.20. The van der Waals surface area contributed by atoms with E-state index in [1.54, 1.807) is 41.1 Å². The number of hydrogen-bond donors (Lipinski definition) is 3. The first-order chi connectivity index (χ1) is 32.2. The molecule has 4 rings (SSSR count). The summed E-state index contributed by atoms with van der Waals surface area (Å²) in [7, 11) is 4.52. The number of esters is 1. The summed E-state index contributed by atoms with van der Waals surface area (Å²) in [5, 5.41) is 34.0. The minimum absolute atomic E-state index is 0.00394. The molecule has 384 valence electrons. The molecule has 15 heteroatoms. The van der Waals surface area contributed by atoms with Crippen molar-refractivity contribution < 1.29 is 67.7 Å². The van der Waals surface area contributed by atoms with Gasteiger partial charge < -0.3 is 48.6 Å². The number of allylic oxidation sites excluding steroid dienone is 6. The Morgan fingerprint density at radius 3 is 2.28 bits per heavy atom. The number of carbonyl (C=O) groups is 5. The molecule has 4 aliphatic rings. The van der Waals surface area contributed by atoms with Gasteiger partial charge in [0, 0.05) is 58.5 Å². The summed E-state index contributed by atoms with van der Waals surface area (Å²) in [5.74, 6) is -8.09. The lowest BCUT2D eigenvalue weighted by Gasteiger charge is -2.43. The van der Waals surface area contributed by atoms with Crippen LogP contribution >= 0.6 is 0 Å². The third-order valence-electron chi connectivity index (χ3n) is 14.8. The third-order valence-corrected chi connectivity index (χ3v) is 14.8. The maximum Gasteiger partial charge on any atom is 0.329 e. The lowest BCUT2D eigenvalue weighted by molar-refractivity contribution is -0.266. The fourth-order valence-electron chi connectivity index (χ4n) is 10.3. The average molecular weight is 958 g/mol. The topological polar surface area (TPSA) is 205 Å². The quantitative estimate of drug-likeness (QED) is 0.102. The molecule has 2 saturated heterocycles. The molecule has 0 radical (unpaired) electrons. The molecule has 0 aromatic rings. The molecular formula is C53H83NO14. The molecule has 2 bridgehead atoms. The molecule has 3 heterocycles. The molecule has 0 unspecified atom stereocenters. The summed E-state index contributed by atoms with van der Waals surface area (Å²) in [6.07, 6.45) is 10.9. The minimum Gasteiger partial charge on any atom is -0.460 e. The first-order valence-corrected chi connectivity index (χ1v) is 25.0. The zero-order chi connectivity index (χ0) is 50.3. The number of aliphatic hydroxyl groups excluding tert-OH is 2. The van der Waals surface area contributed by atoms with Crippen molar-refractivity contribution in [3.8, 4) is 0 Å². The standard InChI is InChI=1S/C53H83NO14/c1-32-16-12-11-13-17-33(2)44(66-25-24-63-8)30-40-21-19-38(7)53(62,68-40)50(59)51(60)54-23-15-14-18-41(54)52(61)67-45(35(4)28-39-20-22-42(55)46(29-39)64-9)31-43(56)34(3)27-37(6)48(58)49(65-10)47(57)36(5)26-32/h11-13,16-17,27,32,34-36,38-42,44-46,48-49,55,58,62H,14-15,18-26,28-31H2,1-10H3/b13-11?,16-12+,33-17?,37-27+/t32-,34-,35-,36-,38-,39+,40+,41+,42-,44-,45+,46-,48-,49+,53-/m1/s1. The number of hydrogen-bond acceptors (Lipinski definition) is 14. The fraction of sp³-hybridized carbons (Fsp3) is 0.755. The van der Waals surface area contributed by atoms with Gasteiger partial charge in [-0.3, -0.25) is 19.2 Å². The van der Waals surface area contributed by atoms with E-state index >= 15 is 0 Å². The summed E-state index contributed by atoms with van der Waals surface area (Å²) in [5.41, 5.74) is 1.24. The number of amides is 1. The number of aliphatic hydroxyl groups is 3. The molecule has 1 aliphatic carbocycles. The van der Waals surface area contributed by atoms with Crippen LogP contribution in [-0.2, 0) is 52.4 Å². The van der Waals surface area contributed by atoms with Crippen LogP contribution in [0.5, 0.6) is 0 Å². The molecule has 0 aromatic carbocycles. The molecule has 15 nitrogen and oxygen atoms in total. The Morgan fingerprint density at radius 1 is 0.853 bits per heavy atom. The molecule has 3 N–H and O–H groups in total. The van der Waals surface area contributed by atoms with Crippen LogP contribution in [0, 0.1) is 35.5 Å². The number of fused-ring (bicyclic) bond motifs is 3. The largest absolute Gasteiger partial charge is 0.460 e. The van der Waals surface area contributed by atoms with Crippen molar-refractivity contribution >= 4 is 29.2 Å². The maximum atomic E-state index is 14.4. The summed E-state index contributed by atoms with van der Waals surface area (Å²) >= 11 is 0. The van der Waals surface area contributed by atoms with Crippen molar-refractivity contribution in [1.29, 1.82) is 0 Å². The lowest BCUT2D eigenvalue weighted by atomic mass is 9.78. The van der Waals surface area contributed by atoms with Crippen LogP contribution in [-0.4, -0.2) is 145 Å². The van der Waals surface area contributed by atoms with E-state index in [2.05, 4.69) is 0 Å². The molecule has 0 spiro atoms. The second kappa shape index (κ2) is 27.3. The number of piperidine rings is 1. The first-order valence-electron chi connectivity index (χ1n) is 25.0. The number of cyclic esters (lactones) is 1. The number of nitrogens with zero attached hydrogens (tertiary/aromatic N) is 1. The summed E-state index contributed by atoms with van der Waals surface area (Å²) in [6, 6.07) is -1.15. The minimum atomic E-state index is -2.46. The maximum absolute atomic E-state index is 14.4. The fourth-order valence-corrected chi connectivity index (χ4v) is 10.3. The normalized spacial score (nSPS) is 37.9. The van der Waals surface area contributed by atoms with Gasteiger partial charge >= 0.3 is 5.97 Å². The van der Waals surface area contributed by atoms with E-state index in [1.807, 2.05) is 58.1 Å². The molecule has 1 saturated carbocycles. The molecule has 68 heavy (non-hydrogen) atoms. The molecule has 0 aromatic heterocycles. The number of carbonyl (C=O) groups excluding carboxylic acids is 5. The smallest absolute Gasteiger partial charge is 0.329 e. The number of rotatable bonds is 9. The second-order valence-electron chi connectivity index (χ2n) is 20.2. The Bertz CT molecular complexity index is 1810. The van der Waals surface area contributed by atoms with Crippen LogP contribution in [0.3, 0.4) is 0 Å². The Hall–Kier alpha value is -3.41. The summed E-state index contributed by atoms with van der Waals surface area (Å²) in [6.45, 7) is 13.4. The third kappa shape index (κ3) is 15.5. The highest BCUT2D eigenvalue weighted by Crippen LogP contribution is 2.38. The van der Waals surface area contributed by atoms with Crippen molar-refractivity contribution in [2.75, 3.05) is 41.1 Å². The lowest BCUT2D eigenvalue weighted by Crippen LogP contribution is -2.61. The Labute approximate surface area is 405 Å². The van der Waals surface area contributed by atoms with Crippen LogP contribution < -0.4 is 0 Å². The van der Waals surface area contributed by atoms with E-state index in [9.17, 15) is 39.3 Å². The van der Waals surface area contributed by atoms with Crippen LogP contribution in [0.1, 0.15) is 126 Å². The second-order valence-corrected chi connectivity index (χ2v) is 20.2. The van der Waals surface area contributed by atoms with Gasteiger partial charge in [-0.05, 0) is 107 Å². The predicted molar refractivity (Wildman–Crippen MR) is 256 cm³/mol. The summed E-state index contributed by atoms with van der Waals surface area (Å²) in [4.78, 5) is 72.2. The van der Waals surface area contributed by atoms with E-state index in [1.165, 1.54) is 12.0 Å². The Morgan fingerprint density at radius 2 is 1.59 bits per heavy atom. The number of ether oxygens (including phenoxy) is 6. The van der Waals surface area contributed by atoms with Gasteiger partial charge in [-0.1, -0.05) is 71.1 Å². The molecule has 1 amide bonds. The van der Waals surface area contributed by atoms with E-state index in [-0.39, 0.29) is 67.8 Å². The highest BCUT2D eigenvalue weighted by Gasteiger charge is 2.53. The van der Waals surface area contributed by atoms with E-state index in [0.29, 0.717) is 63.5 Å². The van der Waals surface area contributed by atoms with Crippen LogP contribution in [0.2, 0.25) is 0 Å². The van der Waals surface area contributed by atoms with Crippen molar-refractivity contribution in [3.63, 3.8) is 0 Å². The molecular weight excluding hydrogens is 875 g/mol. The van der Waals surface area contributed by atoms with Crippen LogP contribution in [0.4, 0.5) is 0 Å². The van der Waals surface area contributed by atoms with E-state index < -0.39 is 83.9 Å². The molecule has 3 fully saturated rings. The monoisotopic (exact) mass is 958 g/mol. The van der Waals surface area contributed by atoms with Crippen LogP contribution in [0.15, 0.2) is 47.6 Å². The first kappa shape index (κ1) is 57.2. The van der Waals surface area contributed by atoms with Gasteiger partial charge in [0.15, 0.2) is 5.78 Å². The van der Waals surface area contributed by atoms with Gasteiger partial charge in [0.2, 0.25) is 5.79 Å². The number of Topliss-reactive ketones (excluding diaryl/α,β-unsaturated/α-hetero) is 3. The van der Waals surface area contributed by atoms with Gasteiger partial charge in [0.1, 0.15) is 30.1 Å². The van der Waals surface area contributed by atoms with Crippen molar-refractivity contribution in [1.82, 2.24) is 4.90 Å². The van der Waals surface area contributed by atoms with Crippen molar-refractivity contribution in [2.45, 2.75) is 180 Å². The highest BCUT2D eigenvalue weighted by atomic mass is 16.6. The zero-order valence-electron chi connectivity index (χ0n) is 42.4. The van der Waals surface area contributed by atoms with Gasteiger partial charge in [-0.2, -0.15) is 0 Å². The average Bonchev–Trinajstić information content (AvgIpc) is 3.31. The number of ketones is 3. The van der Waals surface area contributed by atoms with Gasteiger partial charge in [-0.15, -0.1) is 0 Å². The molecule has 3 aliphatic heterocycles. The summed E-state index contributed by atoms with van der Waals surface area (Å²) < 4.78 is 35.1. The van der Waals surface area contributed by atoms with Crippen molar-refractivity contribution in [2.24, 2.45) is 35.5 Å². The van der Waals surface area contributed by atoms with Crippen molar-refractivity contribution in [3.05, 3.63) is 47.6 Å². The van der Waals surface area contributed by atoms with Gasteiger partial charge in [0.05, 0.1) is 37.6 Å². The zero-order valence-corrected chi connectivity index (χ0v) is 42.4.